The molecule has 74 valence electrons. The van der Waals surface area contributed by atoms with E-state index in [4.69, 9.17) is 10.8 Å². The summed E-state index contributed by atoms with van der Waals surface area (Å²) in [5, 5.41) is 18.3. The summed E-state index contributed by atoms with van der Waals surface area (Å²) in [6.45, 7) is 1.76. The monoisotopic (exact) mass is 202 g/mol. The van der Waals surface area contributed by atoms with Gasteiger partial charge in [-0.3, -0.25) is 4.98 Å². The van der Waals surface area contributed by atoms with Crippen molar-refractivity contribution < 1.29 is 10.2 Å². The summed E-state index contributed by atoms with van der Waals surface area (Å²) in [6, 6.07) is 0. The van der Waals surface area contributed by atoms with Crippen molar-refractivity contribution in [2.75, 3.05) is 0 Å². The van der Waals surface area contributed by atoms with Crippen LogP contribution in [0.25, 0.3) is 0 Å². The van der Waals surface area contributed by atoms with Crippen LogP contribution in [-0.4, -0.2) is 15.2 Å². The van der Waals surface area contributed by atoms with E-state index in [-0.39, 0.29) is 28.8 Å². The molecule has 1 heterocycles. The molecule has 0 spiro atoms. The fraction of sp³-hybridized carbons (Fsp3) is 0.375. The molecule has 1 rings (SSSR count). The Kier molecular flexibility index (Phi) is 4.85. The lowest BCUT2D eigenvalue weighted by atomic mass is 10.1. The van der Waals surface area contributed by atoms with Crippen LogP contribution >= 0.6 is 9.90 Å². The van der Waals surface area contributed by atoms with E-state index in [1.807, 2.05) is 0 Å². The summed E-state index contributed by atoms with van der Waals surface area (Å²) < 4.78 is 0. The van der Waals surface area contributed by atoms with E-state index in [1.54, 1.807) is 6.92 Å². The van der Waals surface area contributed by atoms with E-state index in [9.17, 15) is 5.11 Å². The molecule has 1 aromatic rings. The molecule has 0 radical (unpaired) electrons. The van der Waals surface area contributed by atoms with E-state index in [0.29, 0.717) is 16.8 Å². The van der Waals surface area contributed by atoms with Gasteiger partial charge in [0.05, 0.1) is 12.3 Å². The number of pyridine rings is 1. The van der Waals surface area contributed by atoms with E-state index < -0.39 is 0 Å². The second-order valence-corrected chi connectivity index (χ2v) is 2.56. The number of hydrogen-bond donors (Lipinski definition) is 3. The first-order valence-corrected chi connectivity index (χ1v) is 3.68. The van der Waals surface area contributed by atoms with Crippen molar-refractivity contribution in [2.45, 2.75) is 20.1 Å². The van der Waals surface area contributed by atoms with E-state index >= 15 is 0 Å². The predicted molar refractivity (Wildman–Crippen MR) is 55.6 cm³/mol. The lowest BCUT2D eigenvalue weighted by molar-refractivity contribution is 0.279. The summed E-state index contributed by atoms with van der Waals surface area (Å²) >= 11 is 0. The van der Waals surface area contributed by atoms with Gasteiger partial charge in [-0.25, -0.2) is 0 Å². The van der Waals surface area contributed by atoms with Crippen molar-refractivity contribution in [1.29, 1.82) is 0 Å². The Morgan fingerprint density at radius 3 is 2.62 bits per heavy atom. The van der Waals surface area contributed by atoms with Gasteiger partial charge >= 0.3 is 0 Å². The zero-order valence-electron chi connectivity index (χ0n) is 7.62. The molecule has 4 N–H and O–H groups in total. The Labute approximate surface area is 80.4 Å². The summed E-state index contributed by atoms with van der Waals surface area (Å²) in [7, 11) is 0. The minimum Gasteiger partial charge on any atom is -0.506 e. The minimum absolute atomic E-state index is 0. The lowest BCUT2D eigenvalue weighted by Gasteiger charge is -2.08. The highest BCUT2D eigenvalue weighted by molar-refractivity contribution is 6.92. The average molecular weight is 202 g/mol. The van der Waals surface area contributed by atoms with Crippen LogP contribution < -0.4 is 5.73 Å². The molecule has 0 saturated heterocycles. The van der Waals surface area contributed by atoms with Crippen molar-refractivity contribution in [3.8, 4) is 5.75 Å². The normalized spacial score (nSPS) is 9.46. The van der Waals surface area contributed by atoms with E-state index in [0.717, 1.165) is 0 Å². The predicted octanol–water partition coefficient (Wildman–Crippen LogP) is 0.105. The van der Waals surface area contributed by atoms with Gasteiger partial charge in [0.25, 0.3) is 0 Å². The smallest absolute Gasteiger partial charge is 0.141 e. The van der Waals surface area contributed by atoms with Crippen molar-refractivity contribution >= 4 is 9.90 Å². The second-order valence-electron chi connectivity index (χ2n) is 2.56. The number of aliphatic hydroxyl groups excluding tert-OH is 1. The number of aliphatic hydroxyl groups is 1. The highest BCUT2D eigenvalue weighted by Gasteiger charge is 2.08. The number of aromatic nitrogens is 1. The number of aromatic hydroxyl groups is 1. The molecule has 1 aromatic heterocycles. The van der Waals surface area contributed by atoms with Gasteiger partial charge in [0, 0.05) is 23.9 Å². The summed E-state index contributed by atoms with van der Waals surface area (Å²) in [5.41, 5.74) is 7.09. The van der Waals surface area contributed by atoms with Gasteiger partial charge < -0.3 is 15.9 Å². The summed E-state index contributed by atoms with van der Waals surface area (Å²) in [6.07, 6.45) is 1.53. The highest BCUT2D eigenvalue weighted by atomic mass is 31.0. The second kappa shape index (κ2) is 5.12. The number of nitrogens with zero attached hydrogens (tertiary/aromatic N) is 1. The topological polar surface area (TPSA) is 79.4 Å². The molecule has 13 heavy (non-hydrogen) atoms. The van der Waals surface area contributed by atoms with Crippen molar-refractivity contribution in [3.05, 3.63) is 23.0 Å². The summed E-state index contributed by atoms with van der Waals surface area (Å²) in [4.78, 5) is 3.89. The third kappa shape index (κ3) is 2.37. The number of rotatable bonds is 2. The molecule has 0 bridgehead atoms. The molecule has 4 nitrogen and oxygen atoms in total. The maximum Gasteiger partial charge on any atom is 0.141 e. The van der Waals surface area contributed by atoms with Crippen LogP contribution in [0.3, 0.4) is 0 Å². The van der Waals surface area contributed by atoms with Gasteiger partial charge in [-0.15, -0.1) is 0 Å². The number of aryl methyl sites for hydroxylation is 1. The Bertz CT molecular complexity index is 292. The van der Waals surface area contributed by atoms with Gasteiger partial charge in [0.1, 0.15) is 5.75 Å². The molecule has 0 aliphatic heterocycles. The Morgan fingerprint density at radius 1 is 1.54 bits per heavy atom. The molecular formula is C8H15N2O2P. The molecule has 1 unspecified atom stereocenters. The average Bonchev–Trinajstić information content (AvgIpc) is 2.09. The molecule has 0 aliphatic rings. The first-order valence-electron chi connectivity index (χ1n) is 3.68. The van der Waals surface area contributed by atoms with Gasteiger partial charge in [-0.2, -0.15) is 9.90 Å². The fourth-order valence-electron chi connectivity index (χ4n) is 1.05. The largest absolute Gasteiger partial charge is 0.506 e. The van der Waals surface area contributed by atoms with Crippen LogP contribution in [0.1, 0.15) is 16.8 Å². The molecule has 0 saturated carbocycles. The van der Waals surface area contributed by atoms with Gasteiger partial charge in [0.15, 0.2) is 0 Å². The van der Waals surface area contributed by atoms with Crippen LogP contribution in [0, 0.1) is 6.92 Å². The Morgan fingerprint density at radius 2 is 2.15 bits per heavy atom. The molecule has 1 atom stereocenters. The molecule has 0 aromatic carbocycles. The molecular weight excluding hydrogens is 187 g/mol. The number of hydrogen-bond acceptors (Lipinski definition) is 4. The van der Waals surface area contributed by atoms with Crippen LogP contribution in [0.4, 0.5) is 0 Å². The van der Waals surface area contributed by atoms with Gasteiger partial charge in [-0.05, 0) is 6.92 Å². The Balaban J connectivity index is 0.00000144. The number of nitrogens with two attached hydrogens (primary N) is 1. The maximum atomic E-state index is 9.46. The van der Waals surface area contributed by atoms with Crippen LogP contribution in [-0.2, 0) is 13.2 Å². The molecule has 0 amide bonds. The molecule has 0 fully saturated rings. The zero-order chi connectivity index (χ0) is 9.14. The van der Waals surface area contributed by atoms with Gasteiger partial charge in [0.2, 0.25) is 0 Å². The minimum atomic E-state index is -0.145. The van der Waals surface area contributed by atoms with Crippen LogP contribution in [0.2, 0.25) is 0 Å². The van der Waals surface area contributed by atoms with Gasteiger partial charge in [-0.1, -0.05) is 0 Å². The summed E-state index contributed by atoms with van der Waals surface area (Å²) in [5.74, 6) is 0.0871. The molecule has 0 aliphatic carbocycles. The maximum absolute atomic E-state index is 9.46. The van der Waals surface area contributed by atoms with E-state index in [1.165, 1.54) is 6.20 Å². The quantitative estimate of drug-likeness (QED) is 0.594. The standard InChI is InChI=1S/C8H12N2O2.H3P/c1-5-8(12)7(2-9)6(4-11)3-10-5;/h3,11-12H,2,4,9H2,1H3;1H3. The van der Waals surface area contributed by atoms with Crippen LogP contribution in [0.15, 0.2) is 6.20 Å². The Hall–Kier alpha value is -0.700. The van der Waals surface area contributed by atoms with Crippen molar-refractivity contribution in [2.24, 2.45) is 5.73 Å². The molecule has 5 heteroatoms. The zero-order valence-corrected chi connectivity index (χ0v) is 9.03. The first-order chi connectivity index (χ1) is 5.70. The van der Waals surface area contributed by atoms with Crippen molar-refractivity contribution in [1.82, 2.24) is 4.98 Å². The first kappa shape index (κ1) is 12.3. The third-order valence-corrected chi connectivity index (χ3v) is 1.80. The highest BCUT2D eigenvalue weighted by Crippen LogP contribution is 2.22. The van der Waals surface area contributed by atoms with E-state index in [2.05, 4.69) is 4.98 Å². The third-order valence-electron chi connectivity index (χ3n) is 1.80. The van der Waals surface area contributed by atoms with Crippen molar-refractivity contribution in [3.63, 3.8) is 0 Å². The SMILES string of the molecule is Cc1ncc(CO)c(CN)c1O.P. The fourth-order valence-corrected chi connectivity index (χ4v) is 1.05. The lowest BCUT2D eigenvalue weighted by Crippen LogP contribution is -2.04. The van der Waals surface area contributed by atoms with Crippen LogP contribution in [0.5, 0.6) is 5.75 Å².